The largest absolute Gasteiger partial charge is 0.346 e. The van der Waals surface area contributed by atoms with E-state index in [0.29, 0.717) is 22.9 Å². The first-order valence-electron chi connectivity index (χ1n) is 9.68. The zero-order chi connectivity index (χ0) is 16.8. The van der Waals surface area contributed by atoms with E-state index in [4.69, 9.17) is 0 Å². The van der Waals surface area contributed by atoms with Gasteiger partial charge in [0.1, 0.15) is 0 Å². The van der Waals surface area contributed by atoms with Crippen LogP contribution in [0.1, 0.15) is 54.3 Å². The molecule has 4 aliphatic rings. The molecule has 3 heterocycles. The molecule has 2 unspecified atom stereocenters. The lowest BCUT2D eigenvalue weighted by Crippen LogP contribution is -2.51. The zero-order valence-electron chi connectivity index (χ0n) is 14.7. The van der Waals surface area contributed by atoms with Gasteiger partial charge in [-0.25, -0.2) is 0 Å². The number of nitrogens with one attached hydrogen (secondary N) is 1. The lowest BCUT2D eigenvalue weighted by molar-refractivity contribution is 0.0896. The maximum absolute atomic E-state index is 13.0. The van der Waals surface area contributed by atoms with Crippen LogP contribution in [0.2, 0.25) is 0 Å². The molecule has 1 aromatic heterocycles. The van der Waals surface area contributed by atoms with Gasteiger partial charge in [-0.3, -0.25) is 9.69 Å². The van der Waals surface area contributed by atoms with Crippen molar-refractivity contribution in [1.29, 1.82) is 0 Å². The fourth-order valence-corrected chi connectivity index (χ4v) is 6.65. The van der Waals surface area contributed by atoms with Crippen molar-refractivity contribution in [2.45, 2.75) is 56.0 Å². The van der Waals surface area contributed by atoms with E-state index >= 15 is 0 Å². The molecule has 2 saturated heterocycles. The molecular weight excluding hydrogens is 328 g/mol. The highest BCUT2D eigenvalue weighted by Crippen LogP contribution is 2.55. The van der Waals surface area contributed by atoms with Crippen molar-refractivity contribution in [2.24, 2.45) is 5.92 Å². The van der Waals surface area contributed by atoms with E-state index in [1.807, 2.05) is 0 Å². The van der Waals surface area contributed by atoms with Crippen LogP contribution in [0.15, 0.2) is 24.3 Å². The van der Waals surface area contributed by atoms with Crippen molar-refractivity contribution in [3.05, 3.63) is 34.7 Å². The first-order valence-corrected chi connectivity index (χ1v) is 10.5. The van der Waals surface area contributed by atoms with Crippen molar-refractivity contribution >= 4 is 27.3 Å². The number of hydrogen-bond acceptors (Lipinski definition) is 3. The van der Waals surface area contributed by atoms with E-state index in [1.54, 1.807) is 11.3 Å². The van der Waals surface area contributed by atoms with Crippen LogP contribution in [0.25, 0.3) is 10.1 Å². The second-order valence-electron chi connectivity index (χ2n) is 8.94. The van der Waals surface area contributed by atoms with E-state index in [2.05, 4.69) is 41.4 Å². The standard InChI is InChI=1S/C21H24N2OS/c1-20(6-7-20)15-4-2-3-13-11-16(25-17(13)15)19(24)22-18-14-5-10-23(12-14)21(18)8-9-21/h2-4,11,14,18H,5-10,12H2,1H3,(H,22,24)/t14?,18-/m1/s1. The van der Waals surface area contributed by atoms with Crippen LogP contribution in [-0.2, 0) is 5.41 Å². The first-order chi connectivity index (χ1) is 12.1. The molecule has 3 nitrogen and oxygen atoms in total. The molecule has 1 N–H and O–H groups in total. The molecule has 2 saturated carbocycles. The zero-order valence-corrected chi connectivity index (χ0v) is 15.5. The number of benzene rings is 1. The summed E-state index contributed by atoms with van der Waals surface area (Å²) in [4.78, 5) is 16.5. The van der Waals surface area contributed by atoms with Crippen LogP contribution in [0.5, 0.6) is 0 Å². The lowest BCUT2D eigenvalue weighted by Gasteiger charge is -2.33. The Hall–Kier alpha value is -1.39. The van der Waals surface area contributed by atoms with Gasteiger partial charge in [0.2, 0.25) is 0 Å². The van der Waals surface area contributed by atoms with Crippen molar-refractivity contribution in [3.8, 4) is 0 Å². The molecule has 1 spiro atoms. The molecule has 1 amide bonds. The van der Waals surface area contributed by atoms with Gasteiger partial charge in [0.05, 0.1) is 10.9 Å². The maximum Gasteiger partial charge on any atom is 0.261 e. The Morgan fingerprint density at radius 3 is 2.88 bits per heavy atom. The molecule has 2 aliphatic carbocycles. The summed E-state index contributed by atoms with van der Waals surface area (Å²) in [6, 6.07) is 9.05. The summed E-state index contributed by atoms with van der Waals surface area (Å²) in [5.41, 5.74) is 2.11. The average molecular weight is 353 g/mol. The highest BCUT2D eigenvalue weighted by molar-refractivity contribution is 7.21. The summed E-state index contributed by atoms with van der Waals surface area (Å²) >= 11 is 1.70. The first kappa shape index (κ1) is 14.7. The minimum Gasteiger partial charge on any atom is -0.346 e. The molecule has 6 rings (SSSR count). The molecule has 25 heavy (non-hydrogen) atoms. The fraction of sp³-hybridized carbons (Fsp3) is 0.571. The van der Waals surface area contributed by atoms with Crippen LogP contribution in [0.4, 0.5) is 0 Å². The molecule has 2 aromatic rings. The number of carbonyl (C=O) groups excluding carboxylic acids is 1. The molecule has 3 atom stereocenters. The van der Waals surface area contributed by atoms with Crippen molar-refractivity contribution < 1.29 is 4.79 Å². The summed E-state index contributed by atoms with van der Waals surface area (Å²) in [6.07, 6.45) is 6.33. The topological polar surface area (TPSA) is 32.3 Å². The monoisotopic (exact) mass is 352 g/mol. The summed E-state index contributed by atoms with van der Waals surface area (Å²) in [5, 5.41) is 4.68. The Morgan fingerprint density at radius 1 is 1.28 bits per heavy atom. The van der Waals surface area contributed by atoms with Gasteiger partial charge in [-0.05, 0) is 67.0 Å². The SMILES string of the molecule is CC1(c2cccc3cc(C(=O)N[C@@H]4C5CCN(C5)C45CC5)sc23)CC1. The van der Waals surface area contributed by atoms with Crippen LogP contribution in [-0.4, -0.2) is 35.5 Å². The quantitative estimate of drug-likeness (QED) is 0.908. The third-order valence-electron chi connectivity index (χ3n) is 7.37. The lowest BCUT2D eigenvalue weighted by atomic mass is 9.92. The van der Waals surface area contributed by atoms with Crippen LogP contribution >= 0.6 is 11.3 Å². The number of carbonyl (C=O) groups is 1. The summed E-state index contributed by atoms with van der Waals surface area (Å²) < 4.78 is 1.32. The maximum atomic E-state index is 13.0. The molecule has 130 valence electrons. The second kappa shape index (κ2) is 4.66. The molecule has 0 radical (unpaired) electrons. The van der Waals surface area contributed by atoms with Crippen molar-refractivity contribution in [2.75, 3.05) is 13.1 Å². The van der Waals surface area contributed by atoms with Crippen LogP contribution < -0.4 is 5.32 Å². The smallest absolute Gasteiger partial charge is 0.261 e. The number of thiophene rings is 1. The van der Waals surface area contributed by atoms with E-state index < -0.39 is 0 Å². The van der Waals surface area contributed by atoms with Gasteiger partial charge in [0.15, 0.2) is 0 Å². The van der Waals surface area contributed by atoms with Gasteiger partial charge >= 0.3 is 0 Å². The number of fused-ring (bicyclic) bond motifs is 4. The Labute approximate surface area is 152 Å². The molecular formula is C21H24N2OS. The molecule has 2 bridgehead atoms. The van der Waals surface area contributed by atoms with Crippen LogP contribution in [0.3, 0.4) is 0 Å². The van der Waals surface area contributed by atoms with Gasteiger partial charge in [-0.1, -0.05) is 25.1 Å². The molecule has 4 fully saturated rings. The minimum atomic E-state index is 0.151. The molecule has 4 heteroatoms. The van der Waals surface area contributed by atoms with Crippen molar-refractivity contribution in [1.82, 2.24) is 10.2 Å². The summed E-state index contributed by atoms with van der Waals surface area (Å²) in [6.45, 7) is 4.78. The third-order valence-corrected chi connectivity index (χ3v) is 8.55. The van der Waals surface area contributed by atoms with E-state index in [1.165, 1.54) is 60.8 Å². The fourth-order valence-electron chi connectivity index (χ4n) is 5.43. The van der Waals surface area contributed by atoms with Gasteiger partial charge in [0.25, 0.3) is 5.91 Å². The predicted molar refractivity (Wildman–Crippen MR) is 101 cm³/mol. The second-order valence-corrected chi connectivity index (χ2v) is 10.00. The van der Waals surface area contributed by atoms with Crippen LogP contribution in [0, 0.1) is 5.92 Å². The summed E-state index contributed by atoms with van der Waals surface area (Å²) in [7, 11) is 0. The number of amides is 1. The minimum absolute atomic E-state index is 0.151. The van der Waals surface area contributed by atoms with Gasteiger partial charge < -0.3 is 5.32 Å². The Balaban J connectivity index is 1.32. The summed E-state index contributed by atoms with van der Waals surface area (Å²) in [5.74, 6) is 0.819. The Kier molecular flexibility index (Phi) is 2.75. The predicted octanol–water partition coefficient (Wildman–Crippen LogP) is 3.92. The Bertz CT molecular complexity index is 892. The van der Waals surface area contributed by atoms with E-state index in [-0.39, 0.29) is 5.91 Å². The number of nitrogens with zero attached hydrogens (tertiary/aromatic N) is 1. The normalized spacial score (nSPS) is 33.1. The average Bonchev–Trinajstić information content (AvgIpc) is 3.40. The molecule has 2 aliphatic heterocycles. The number of piperidine rings is 1. The molecule has 1 aromatic carbocycles. The van der Waals surface area contributed by atoms with E-state index in [9.17, 15) is 4.79 Å². The Morgan fingerprint density at radius 2 is 2.12 bits per heavy atom. The highest BCUT2D eigenvalue weighted by Gasteiger charge is 2.63. The number of rotatable bonds is 3. The van der Waals surface area contributed by atoms with Crippen molar-refractivity contribution in [3.63, 3.8) is 0 Å². The third kappa shape index (κ3) is 1.98. The van der Waals surface area contributed by atoms with Gasteiger partial charge in [0, 0.05) is 16.8 Å². The van der Waals surface area contributed by atoms with Gasteiger partial charge in [-0.15, -0.1) is 11.3 Å². The van der Waals surface area contributed by atoms with E-state index in [0.717, 1.165) is 4.88 Å². The number of hydrogen-bond donors (Lipinski definition) is 1. The van der Waals surface area contributed by atoms with Gasteiger partial charge in [-0.2, -0.15) is 0 Å². The highest BCUT2D eigenvalue weighted by atomic mass is 32.1.